The minimum absolute atomic E-state index is 1.15. The third-order valence-electron chi connectivity index (χ3n) is 6.74. The first-order valence-corrected chi connectivity index (χ1v) is 12.4. The first kappa shape index (κ1) is 21.9. The molecule has 0 N–H and O–H groups in total. The maximum absolute atomic E-state index is 2.42. The fourth-order valence-electron chi connectivity index (χ4n) is 5.02. The molecule has 0 saturated carbocycles. The van der Waals surface area contributed by atoms with Gasteiger partial charge in [-0.25, -0.2) is 0 Å². The summed E-state index contributed by atoms with van der Waals surface area (Å²) in [5.74, 6) is 0. The zero-order chi connectivity index (χ0) is 24.3. The van der Waals surface area contributed by atoms with Crippen LogP contribution in [0.2, 0.25) is 0 Å². The minimum atomic E-state index is 1.15. The molecule has 0 aliphatic rings. The van der Waals surface area contributed by atoms with Gasteiger partial charge in [0, 0.05) is 16.5 Å². The summed E-state index contributed by atoms with van der Waals surface area (Å²) >= 11 is 0. The number of rotatable bonds is 5. The predicted molar refractivity (Wildman–Crippen MR) is 154 cm³/mol. The van der Waals surface area contributed by atoms with Gasteiger partial charge in [-0.15, -0.1) is 0 Å². The smallest absolute Gasteiger partial charge is 0.0613 e. The van der Waals surface area contributed by atoms with Gasteiger partial charge in [-0.3, -0.25) is 0 Å². The monoisotopic (exact) mass is 461 g/mol. The van der Waals surface area contributed by atoms with Crippen molar-refractivity contribution in [3.63, 3.8) is 0 Å². The average Bonchev–Trinajstić information content (AvgIpc) is 3.30. The molecule has 1 heteroatoms. The second kappa shape index (κ2) is 9.56. The summed E-state index contributed by atoms with van der Waals surface area (Å²) in [6.45, 7) is 2.17. The van der Waals surface area contributed by atoms with Gasteiger partial charge in [0.25, 0.3) is 0 Å². The molecule has 0 bridgehead atoms. The van der Waals surface area contributed by atoms with Crippen LogP contribution in [0.3, 0.4) is 0 Å². The van der Waals surface area contributed by atoms with Gasteiger partial charge in [0.15, 0.2) is 0 Å². The van der Waals surface area contributed by atoms with Gasteiger partial charge in [0.05, 0.1) is 11.4 Å². The van der Waals surface area contributed by atoms with Crippen LogP contribution in [0.5, 0.6) is 0 Å². The Labute approximate surface area is 212 Å². The molecule has 6 rings (SSSR count). The number of hydrogen-bond acceptors (Lipinski definition) is 0. The third kappa shape index (κ3) is 4.06. The Hall–Kier alpha value is -4.62. The molecule has 0 aliphatic carbocycles. The van der Waals surface area contributed by atoms with Crippen molar-refractivity contribution in [1.29, 1.82) is 0 Å². The Morgan fingerprint density at radius 1 is 0.500 bits per heavy atom. The molecule has 6 aromatic rings. The highest BCUT2D eigenvalue weighted by atomic mass is 15.0. The van der Waals surface area contributed by atoms with Crippen molar-refractivity contribution in [3.8, 4) is 28.2 Å². The zero-order valence-corrected chi connectivity index (χ0v) is 20.3. The number of hydrogen-bond donors (Lipinski definition) is 0. The summed E-state index contributed by atoms with van der Waals surface area (Å²) in [5, 5.41) is 2.51. The van der Waals surface area contributed by atoms with E-state index in [9.17, 15) is 0 Å². The van der Waals surface area contributed by atoms with Crippen LogP contribution in [-0.4, -0.2) is 4.57 Å². The lowest BCUT2D eigenvalue weighted by molar-refractivity contribution is 1.10. The van der Waals surface area contributed by atoms with Gasteiger partial charge in [0.2, 0.25) is 0 Å². The lowest BCUT2D eigenvalue weighted by Gasteiger charge is -2.15. The van der Waals surface area contributed by atoms with Crippen LogP contribution in [-0.2, 0) is 0 Å². The van der Waals surface area contributed by atoms with Crippen LogP contribution >= 0.6 is 0 Å². The number of benzene rings is 5. The Bertz CT molecular complexity index is 1560. The fraction of sp³-hybridized carbons (Fsp3) is 0.0286. The molecule has 0 atom stereocenters. The number of allylic oxidation sites excluding steroid dienone is 1. The van der Waals surface area contributed by atoms with E-state index in [1.54, 1.807) is 0 Å². The van der Waals surface area contributed by atoms with E-state index in [1.807, 2.05) is 0 Å². The fourth-order valence-corrected chi connectivity index (χ4v) is 5.02. The maximum Gasteiger partial charge on any atom is 0.0613 e. The lowest BCUT2D eigenvalue weighted by Crippen LogP contribution is -1.99. The van der Waals surface area contributed by atoms with Crippen LogP contribution in [0.4, 0.5) is 0 Å². The largest absolute Gasteiger partial charge is 0.308 e. The van der Waals surface area contributed by atoms with Gasteiger partial charge in [0.1, 0.15) is 0 Å². The van der Waals surface area contributed by atoms with Gasteiger partial charge >= 0.3 is 0 Å². The number of aromatic nitrogens is 1. The molecule has 1 heterocycles. The first-order valence-electron chi connectivity index (χ1n) is 12.4. The molecule has 0 fully saturated rings. The van der Waals surface area contributed by atoms with Gasteiger partial charge in [-0.2, -0.15) is 0 Å². The normalized spacial score (nSPS) is 11.6. The molecule has 5 aromatic carbocycles. The molecule has 1 aromatic heterocycles. The highest BCUT2D eigenvalue weighted by molar-refractivity contribution is 6.06. The van der Waals surface area contributed by atoms with Crippen molar-refractivity contribution in [3.05, 3.63) is 151 Å². The molecule has 36 heavy (non-hydrogen) atoms. The van der Waals surface area contributed by atoms with E-state index in [0.29, 0.717) is 0 Å². The maximum atomic E-state index is 2.42. The predicted octanol–water partition coefficient (Wildman–Crippen LogP) is 9.52. The molecular weight excluding hydrogens is 434 g/mol. The van der Waals surface area contributed by atoms with E-state index in [2.05, 4.69) is 157 Å². The van der Waals surface area contributed by atoms with E-state index in [-0.39, 0.29) is 0 Å². The second-order valence-electron chi connectivity index (χ2n) is 9.10. The minimum Gasteiger partial charge on any atom is -0.308 e. The number of fused-ring (bicyclic) bond motifs is 1. The summed E-state index contributed by atoms with van der Waals surface area (Å²) in [5.41, 5.74) is 9.70. The van der Waals surface area contributed by atoms with Gasteiger partial charge in [-0.1, -0.05) is 133 Å². The Balaban J connectivity index is 1.56. The SMILES string of the molecule is C/C(=C/c1ccc(-n2c(-c3ccccc3)c3ccccc3c2-c2ccccc2)cc1)c1ccccc1. The van der Waals surface area contributed by atoms with Gasteiger partial charge in [-0.05, 0) is 46.9 Å². The van der Waals surface area contributed by atoms with Crippen molar-refractivity contribution in [1.82, 2.24) is 4.57 Å². The van der Waals surface area contributed by atoms with Crippen LogP contribution in [0.15, 0.2) is 140 Å². The summed E-state index contributed by atoms with van der Waals surface area (Å²) in [4.78, 5) is 0. The second-order valence-corrected chi connectivity index (χ2v) is 9.10. The van der Waals surface area contributed by atoms with Crippen molar-refractivity contribution in [2.75, 3.05) is 0 Å². The topological polar surface area (TPSA) is 4.93 Å². The lowest BCUT2D eigenvalue weighted by atomic mass is 10.0. The molecule has 1 nitrogen and oxygen atoms in total. The molecular formula is C35H27N. The quantitative estimate of drug-likeness (QED) is 0.225. The van der Waals surface area contributed by atoms with E-state index < -0.39 is 0 Å². The Morgan fingerprint density at radius 3 is 1.44 bits per heavy atom. The van der Waals surface area contributed by atoms with E-state index >= 15 is 0 Å². The Kier molecular flexibility index (Phi) is 5.81. The molecule has 0 saturated heterocycles. The zero-order valence-electron chi connectivity index (χ0n) is 20.3. The summed E-state index contributed by atoms with van der Waals surface area (Å²) in [7, 11) is 0. The van der Waals surface area contributed by atoms with E-state index in [0.717, 1.165) is 5.69 Å². The molecule has 0 radical (unpaired) electrons. The third-order valence-corrected chi connectivity index (χ3v) is 6.74. The van der Waals surface area contributed by atoms with Crippen LogP contribution in [0, 0.1) is 0 Å². The molecule has 0 unspecified atom stereocenters. The molecule has 172 valence electrons. The molecule has 0 amide bonds. The number of nitrogens with zero attached hydrogens (tertiary/aromatic N) is 1. The van der Waals surface area contributed by atoms with E-state index in [1.165, 1.54) is 50.0 Å². The van der Waals surface area contributed by atoms with Crippen molar-refractivity contribution in [2.45, 2.75) is 6.92 Å². The molecule has 0 aliphatic heterocycles. The highest BCUT2D eigenvalue weighted by Crippen LogP contribution is 2.41. The van der Waals surface area contributed by atoms with Gasteiger partial charge < -0.3 is 4.57 Å². The first-order chi connectivity index (χ1) is 17.8. The summed E-state index contributed by atoms with van der Waals surface area (Å²) in [6.07, 6.45) is 2.25. The Morgan fingerprint density at radius 2 is 0.944 bits per heavy atom. The van der Waals surface area contributed by atoms with Crippen LogP contribution < -0.4 is 0 Å². The van der Waals surface area contributed by atoms with E-state index in [4.69, 9.17) is 0 Å². The van der Waals surface area contributed by atoms with Crippen molar-refractivity contribution in [2.24, 2.45) is 0 Å². The standard InChI is InChI=1S/C35H27N/c1-26(28-13-5-2-6-14-28)25-27-21-23-31(24-22-27)36-34(29-15-7-3-8-16-29)32-19-11-12-20-33(32)35(36)30-17-9-4-10-18-30/h2-25H,1H3/b26-25-. The average molecular weight is 462 g/mol. The van der Waals surface area contributed by atoms with Crippen molar-refractivity contribution < 1.29 is 0 Å². The molecule has 0 spiro atoms. The van der Waals surface area contributed by atoms with Crippen LogP contribution in [0.1, 0.15) is 18.1 Å². The summed E-state index contributed by atoms with van der Waals surface area (Å²) in [6, 6.07) is 49.6. The van der Waals surface area contributed by atoms with Crippen LogP contribution in [0.25, 0.3) is 50.6 Å². The van der Waals surface area contributed by atoms with Crippen molar-refractivity contribution >= 4 is 22.4 Å². The summed E-state index contributed by atoms with van der Waals surface area (Å²) < 4.78 is 2.42. The highest BCUT2D eigenvalue weighted by Gasteiger charge is 2.20.